The van der Waals surface area contributed by atoms with Gasteiger partial charge in [-0.15, -0.1) is 0 Å². The standard InChI is InChI=1S/C24H31NO5/c1-25(2)16-18-15-20(30-23(26)21-10-5-6-11-22(21)29-4)12-13-24(18,27)17-8-7-9-19(14-17)28-3/h5-11,14,18,20,27H,12-13,15-16H2,1-4H3. The lowest BCUT2D eigenvalue weighted by atomic mass is 9.70. The van der Waals surface area contributed by atoms with Crippen LogP contribution in [0, 0.1) is 5.92 Å². The largest absolute Gasteiger partial charge is 0.497 e. The number of rotatable bonds is 7. The molecule has 162 valence electrons. The van der Waals surface area contributed by atoms with E-state index in [1.807, 2.05) is 44.4 Å². The third kappa shape index (κ3) is 4.77. The minimum atomic E-state index is -1.01. The summed E-state index contributed by atoms with van der Waals surface area (Å²) in [6.07, 6.45) is 1.40. The van der Waals surface area contributed by atoms with Crippen LogP contribution in [-0.2, 0) is 10.3 Å². The molecular weight excluding hydrogens is 382 g/mol. The molecule has 3 atom stereocenters. The molecule has 0 heterocycles. The first kappa shape index (κ1) is 22.1. The molecule has 0 aromatic heterocycles. The molecule has 1 aliphatic carbocycles. The summed E-state index contributed by atoms with van der Waals surface area (Å²) >= 11 is 0. The van der Waals surface area contributed by atoms with Crippen LogP contribution in [0.1, 0.15) is 35.2 Å². The van der Waals surface area contributed by atoms with Gasteiger partial charge in [-0.05, 0) is 63.2 Å². The number of esters is 1. The predicted molar refractivity (Wildman–Crippen MR) is 115 cm³/mol. The van der Waals surface area contributed by atoms with Crippen molar-refractivity contribution in [1.82, 2.24) is 4.90 Å². The average Bonchev–Trinajstić information content (AvgIpc) is 2.75. The molecule has 0 spiro atoms. The van der Waals surface area contributed by atoms with E-state index in [1.165, 1.54) is 7.11 Å². The molecule has 0 saturated heterocycles. The van der Waals surface area contributed by atoms with Crippen LogP contribution >= 0.6 is 0 Å². The van der Waals surface area contributed by atoms with E-state index in [1.54, 1.807) is 25.3 Å². The quantitative estimate of drug-likeness (QED) is 0.701. The van der Waals surface area contributed by atoms with Gasteiger partial charge in [0.25, 0.3) is 0 Å². The third-order valence-corrected chi connectivity index (χ3v) is 5.83. The molecule has 2 aromatic carbocycles. The molecule has 6 nitrogen and oxygen atoms in total. The summed E-state index contributed by atoms with van der Waals surface area (Å²) < 4.78 is 16.5. The number of hydrogen-bond acceptors (Lipinski definition) is 6. The molecule has 1 fully saturated rings. The molecule has 2 aromatic rings. The Bertz CT molecular complexity index is 868. The highest BCUT2D eigenvalue weighted by molar-refractivity contribution is 5.92. The van der Waals surface area contributed by atoms with Gasteiger partial charge in [0.2, 0.25) is 0 Å². The number of hydrogen-bond donors (Lipinski definition) is 1. The van der Waals surface area contributed by atoms with Crippen molar-refractivity contribution in [2.45, 2.75) is 31.0 Å². The van der Waals surface area contributed by atoms with Crippen molar-refractivity contribution in [2.75, 3.05) is 34.9 Å². The van der Waals surface area contributed by atoms with E-state index < -0.39 is 11.6 Å². The molecule has 6 heteroatoms. The number of benzene rings is 2. The lowest BCUT2D eigenvalue weighted by molar-refractivity contribution is -0.0961. The van der Waals surface area contributed by atoms with Crippen molar-refractivity contribution < 1.29 is 24.1 Å². The maximum absolute atomic E-state index is 12.7. The van der Waals surface area contributed by atoms with Gasteiger partial charge in [0, 0.05) is 12.5 Å². The molecule has 0 bridgehead atoms. The Labute approximate surface area is 178 Å². The maximum atomic E-state index is 12.7. The normalized spacial score (nSPS) is 23.8. The van der Waals surface area contributed by atoms with Gasteiger partial charge in [-0.25, -0.2) is 4.79 Å². The van der Waals surface area contributed by atoms with Crippen molar-refractivity contribution in [1.29, 1.82) is 0 Å². The molecular formula is C24H31NO5. The summed E-state index contributed by atoms with van der Waals surface area (Å²) in [6.45, 7) is 0.677. The third-order valence-electron chi connectivity index (χ3n) is 5.83. The Hall–Kier alpha value is -2.57. The minimum absolute atomic E-state index is 0.0937. The molecule has 1 N–H and O–H groups in total. The Balaban J connectivity index is 1.79. The summed E-state index contributed by atoms with van der Waals surface area (Å²) in [5.41, 5.74) is 0.243. The second-order valence-electron chi connectivity index (χ2n) is 8.12. The molecule has 1 aliphatic rings. The fourth-order valence-corrected chi connectivity index (χ4v) is 4.29. The van der Waals surface area contributed by atoms with Gasteiger partial charge in [-0.2, -0.15) is 0 Å². The van der Waals surface area contributed by atoms with Gasteiger partial charge in [0.1, 0.15) is 23.2 Å². The van der Waals surface area contributed by atoms with Gasteiger partial charge in [-0.1, -0.05) is 24.3 Å². The summed E-state index contributed by atoms with van der Waals surface area (Å²) in [5.74, 6) is 0.724. The fourth-order valence-electron chi connectivity index (χ4n) is 4.29. The molecule has 30 heavy (non-hydrogen) atoms. The first-order chi connectivity index (χ1) is 14.4. The van der Waals surface area contributed by atoms with E-state index in [9.17, 15) is 9.90 Å². The molecule has 3 rings (SSSR count). The number of para-hydroxylation sites is 1. The highest BCUT2D eigenvalue weighted by Crippen LogP contribution is 2.44. The Kier molecular flexibility index (Phi) is 7.00. The highest BCUT2D eigenvalue weighted by atomic mass is 16.5. The lowest BCUT2D eigenvalue weighted by Gasteiger charge is -2.44. The SMILES string of the molecule is COc1cccc(C2(O)CCC(OC(=O)c3ccccc3OC)CC2CN(C)C)c1. The van der Waals surface area contributed by atoms with Crippen LogP contribution in [0.25, 0.3) is 0 Å². The van der Waals surface area contributed by atoms with E-state index in [0.717, 1.165) is 5.56 Å². The number of ether oxygens (including phenoxy) is 3. The summed E-state index contributed by atoms with van der Waals surface area (Å²) in [5, 5.41) is 11.7. The molecule has 0 radical (unpaired) electrons. The number of aliphatic hydroxyl groups is 1. The Morgan fingerprint density at radius 1 is 1.13 bits per heavy atom. The second-order valence-corrected chi connectivity index (χ2v) is 8.12. The number of methoxy groups -OCH3 is 2. The van der Waals surface area contributed by atoms with E-state index in [4.69, 9.17) is 14.2 Å². The molecule has 0 amide bonds. The number of carbonyl (C=O) groups is 1. The fraction of sp³-hybridized carbons (Fsp3) is 0.458. The van der Waals surface area contributed by atoms with Crippen molar-refractivity contribution in [3.05, 3.63) is 59.7 Å². The smallest absolute Gasteiger partial charge is 0.342 e. The Morgan fingerprint density at radius 2 is 1.90 bits per heavy atom. The molecule has 3 unspecified atom stereocenters. The van der Waals surface area contributed by atoms with E-state index in [-0.39, 0.29) is 12.0 Å². The predicted octanol–water partition coefficient (Wildman–Crippen LogP) is 3.48. The maximum Gasteiger partial charge on any atom is 0.342 e. The zero-order valence-corrected chi connectivity index (χ0v) is 18.1. The average molecular weight is 414 g/mol. The summed E-state index contributed by atoms with van der Waals surface area (Å²) in [4.78, 5) is 14.8. The first-order valence-electron chi connectivity index (χ1n) is 10.2. The first-order valence-corrected chi connectivity index (χ1v) is 10.2. The summed E-state index contributed by atoms with van der Waals surface area (Å²) in [6, 6.07) is 14.6. The lowest BCUT2D eigenvalue weighted by Crippen LogP contribution is -2.47. The van der Waals surface area contributed by atoms with E-state index in [0.29, 0.717) is 42.9 Å². The van der Waals surface area contributed by atoms with Crippen LogP contribution < -0.4 is 9.47 Å². The van der Waals surface area contributed by atoms with Gasteiger partial charge >= 0.3 is 5.97 Å². The Morgan fingerprint density at radius 3 is 2.60 bits per heavy atom. The highest BCUT2D eigenvalue weighted by Gasteiger charge is 2.44. The van der Waals surface area contributed by atoms with Crippen LogP contribution in [0.4, 0.5) is 0 Å². The van der Waals surface area contributed by atoms with Crippen molar-refractivity contribution in [3.63, 3.8) is 0 Å². The molecule has 0 aliphatic heterocycles. The van der Waals surface area contributed by atoms with Crippen LogP contribution in [0.15, 0.2) is 48.5 Å². The summed E-state index contributed by atoms with van der Waals surface area (Å²) in [7, 11) is 7.12. The van der Waals surface area contributed by atoms with Gasteiger partial charge in [0.05, 0.1) is 19.8 Å². The van der Waals surface area contributed by atoms with Crippen molar-refractivity contribution in [2.24, 2.45) is 5.92 Å². The second kappa shape index (κ2) is 9.49. The zero-order chi connectivity index (χ0) is 21.7. The van der Waals surface area contributed by atoms with E-state index in [2.05, 4.69) is 4.90 Å². The van der Waals surface area contributed by atoms with Gasteiger partial charge in [-0.3, -0.25) is 0 Å². The van der Waals surface area contributed by atoms with Crippen LogP contribution in [0.3, 0.4) is 0 Å². The number of nitrogens with zero attached hydrogens (tertiary/aromatic N) is 1. The monoisotopic (exact) mass is 413 g/mol. The number of carbonyl (C=O) groups excluding carboxylic acids is 1. The van der Waals surface area contributed by atoms with Gasteiger partial charge in [0.15, 0.2) is 0 Å². The zero-order valence-electron chi connectivity index (χ0n) is 18.1. The van der Waals surface area contributed by atoms with Crippen LogP contribution in [-0.4, -0.2) is 56.9 Å². The van der Waals surface area contributed by atoms with Crippen LogP contribution in [0.2, 0.25) is 0 Å². The van der Waals surface area contributed by atoms with E-state index >= 15 is 0 Å². The topological polar surface area (TPSA) is 68.2 Å². The molecule has 1 saturated carbocycles. The van der Waals surface area contributed by atoms with Gasteiger partial charge < -0.3 is 24.2 Å². The van der Waals surface area contributed by atoms with Crippen molar-refractivity contribution in [3.8, 4) is 11.5 Å². The minimum Gasteiger partial charge on any atom is -0.497 e. The van der Waals surface area contributed by atoms with Crippen molar-refractivity contribution >= 4 is 5.97 Å². The van der Waals surface area contributed by atoms with Crippen LogP contribution in [0.5, 0.6) is 11.5 Å².